The van der Waals surface area contributed by atoms with Crippen molar-refractivity contribution in [1.82, 2.24) is 4.98 Å². The molecule has 2 rings (SSSR count). The Labute approximate surface area is 141 Å². The van der Waals surface area contributed by atoms with Crippen LogP contribution in [0.5, 0.6) is 0 Å². The maximum absolute atomic E-state index is 11.6. The van der Waals surface area contributed by atoms with Crippen molar-refractivity contribution in [2.75, 3.05) is 11.9 Å². The van der Waals surface area contributed by atoms with Crippen molar-refractivity contribution in [3.8, 4) is 11.3 Å². The second-order valence-corrected chi connectivity index (χ2v) is 5.90. The van der Waals surface area contributed by atoms with Crippen LogP contribution in [0.15, 0.2) is 23.6 Å². The predicted octanol–water partition coefficient (Wildman–Crippen LogP) is 4.01. The highest BCUT2D eigenvalue weighted by Crippen LogP contribution is 2.30. The number of carbonyl (C=O) groups is 2. The zero-order valence-corrected chi connectivity index (χ0v) is 13.9. The molecule has 0 atom stereocenters. The molecule has 5 nitrogen and oxygen atoms in total. The van der Waals surface area contributed by atoms with Gasteiger partial charge in [-0.1, -0.05) is 36.2 Å². The number of esters is 1. The number of nitrogens with one attached hydrogen (secondary N) is 1. The molecule has 1 N–H and O–H groups in total. The van der Waals surface area contributed by atoms with E-state index in [0.717, 1.165) is 5.56 Å². The van der Waals surface area contributed by atoms with E-state index in [9.17, 15) is 9.59 Å². The molecule has 1 amide bonds. The quantitative estimate of drug-likeness (QED) is 0.819. The highest BCUT2D eigenvalue weighted by molar-refractivity contribution is 7.14. The Kier molecular flexibility index (Phi) is 5.76. The number of halogens is 2. The molecule has 1 heterocycles. The predicted molar refractivity (Wildman–Crippen MR) is 87.4 cm³/mol. The molecule has 0 aliphatic carbocycles. The van der Waals surface area contributed by atoms with Gasteiger partial charge in [-0.15, -0.1) is 11.3 Å². The fourth-order valence-electron chi connectivity index (χ4n) is 1.52. The largest absolute Gasteiger partial charge is 0.456 e. The normalized spacial score (nSPS) is 10.3. The summed E-state index contributed by atoms with van der Waals surface area (Å²) in [5, 5.41) is 5.67. The first kappa shape index (κ1) is 16.7. The third-order valence-corrected chi connectivity index (χ3v) is 4.12. The van der Waals surface area contributed by atoms with Gasteiger partial charge in [0, 0.05) is 17.4 Å². The van der Waals surface area contributed by atoms with Crippen molar-refractivity contribution in [2.45, 2.75) is 13.3 Å². The fraction of sp³-hybridized carbons (Fsp3) is 0.214. The number of hydrogen-bond acceptors (Lipinski definition) is 5. The number of anilines is 1. The summed E-state index contributed by atoms with van der Waals surface area (Å²) in [5.74, 6) is -0.859. The topological polar surface area (TPSA) is 68.3 Å². The molecule has 2 aromatic rings. The smallest absolute Gasteiger partial charge is 0.306 e. The molecule has 0 aliphatic heterocycles. The van der Waals surface area contributed by atoms with Crippen molar-refractivity contribution in [1.29, 1.82) is 0 Å². The van der Waals surface area contributed by atoms with Crippen LogP contribution in [-0.2, 0) is 14.3 Å². The fourth-order valence-corrected chi connectivity index (χ4v) is 2.56. The van der Waals surface area contributed by atoms with E-state index >= 15 is 0 Å². The van der Waals surface area contributed by atoms with Gasteiger partial charge in [0.15, 0.2) is 11.7 Å². The van der Waals surface area contributed by atoms with Crippen LogP contribution in [0.3, 0.4) is 0 Å². The second kappa shape index (κ2) is 7.58. The number of amides is 1. The highest BCUT2D eigenvalue weighted by Gasteiger charge is 2.10. The minimum absolute atomic E-state index is 0.228. The Morgan fingerprint density at radius 2 is 2.09 bits per heavy atom. The van der Waals surface area contributed by atoms with Gasteiger partial charge in [-0.2, -0.15) is 0 Å². The van der Waals surface area contributed by atoms with Crippen LogP contribution in [0, 0.1) is 0 Å². The summed E-state index contributed by atoms with van der Waals surface area (Å²) in [6.07, 6.45) is 0.228. The molecule has 0 spiro atoms. The van der Waals surface area contributed by atoms with Gasteiger partial charge < -0.3 is 4.74 Å². The van der Waals surface area contributed by atoms with Crippen LogP contribution >= 0.6 is 34.5 Å². The van der Waals surface area contributed by atoms with E-state index in [4.69, 9.17) is 27.9 Å². The molecule has 0 aliphatic rings. The molecule has 1 aromatic heterocycles. The number of hydrogen-bond donors (Lipinski definition) is 1. The van der Waals surface area contributed by atoms with Gasteiger partial charge >= 0.3 is 5.97 Å². The van der Waals surface area contributed by atoms with Crippen LogP contribution in [0.1, 0.15) is 13.3 Å². The van der Waals surface area contributed by atoms with Crippen LogP contribution in [-0.4, -0.2) is 23.5 Å². The monoisotopic (exact) mass is 358 g/mol. The summed E-state index contributed by atoms with van der Waals surface area (Å²) in [7, 11) is 0. The summed E-state index contributed by atoms with van der Waals surface area (Å²) in [6, 6.07) is 5.17. The molecule has 0 fully saturated rings. The Bertz CT molecular complexity index is 703. The standard InChI is InChI=1S/C14H12Cl2N2O3S/c1-2-13(20)21-6-12(19)18-14-17-11(7-22-14)8-3-4-9(15)10(16)5-8/h3-5,7H,2,6H2,1H3,(H,17,18,19). The number of ether oxygens (including phenoxy) is 1. The highest BCUT2D eigenvalue weighted by atomic mass is 35.5. The zero-order chi connectivity index (χ0) is 16.1. The summed E-state index contributed by atoms with van der Waals surface area (Å²) < 4.78 is 4.74. The van der Waals surface area contributed by atoms with Crippen LogP contribution in [0.25, 0.3) is 11.3 Å². The molecule has 8 heteroatoms. The van der Waals surface area contributed by atoms with Gasteiger partial charge in [-0.3, -0.25) is 14.9 Å². The Balaban J connectivity index is 2.00. The van der Waals surface area contributed by atoms with Crippen molar-refractivity contribution in [2.24, 2.45) is 0 Å². The Morgan fingerprint density at radius 1 is 1.32 bits per heavy atom. The number of aromatic nitrogens is 1. The first-order valence-electron chi connectivity index (χ1n) is 6.36. The molecule has 1 aromatic carbocycles. The molecule has 0 bridgehead atoms. The second-order valence-electron chi connectivity index (χ2n) is 4.23. The lowest BCUT2D eigenvalue weighted by molar-refractivity contribution is -0.146. The van der Waals surface area contributed by atoms with Crippen molar-refractivity contribution < 1.29 is 14.3 Å². The zero-order valence-electron chi connectivity index (χ0n) is 11.6. The van der Waals surface area contributed by atoms with E-state index in [1.54, 1.807) is 30.5 Å². The van der Waals surface area contributed by atoms with E-state index in [-0.39, 0.29) is 13.0 Å². The Hall–Kier alpha value is -1.63. The van der Waals surface area contributed by atoms with Crippen molar-refractivity contribution in [3.05, 3.63) is 33.6 Å². The van der Waals surface area contributed by atoms with E-state index in [2.05, 4.69) is 10.3 Å². The molecule has 0 saturated carbocycles. The molecule has 0 radical (unpaired) electrons. The van der Waals surface area contributed by atoms with E-state index in [1.165, 1.54) is 11.3 Å². The summed E-state index contributed by atoms with van der Waals surface area (Å²) in [4.78, 5) is 26.9. The summed E-state index contributed by atoms with van der Waals surface area (Å²) >= 11 is 13.1. The Morgan fingerprint density at radius 3 is 2.77 bits per heavy atom. The van der Waals surface area contributed by atoms with Gasteiger partial charge in [0.05, 0.1) is 15.7 Å². The van der Waals surface area contributed by atoms with E-state index in [1.807, 2.05) is 0 Å². The molecule has 0 unspecified atom stereocenters. The number of thiazole rings is 1. The van der Waals surface area contributed by atoms with Gasteiger partial charge in [0.2, 0.25) is 0 Å². The van der Waals surface area contributed by atoms with Gasteiger partial charge in [0.25, 0.3) is 5.91 Å². The SMILES string of the molecule is CCC(=O)OCC(=O)Nc1nc(-c2ccc(Cl)c(Cl)c2)cs1. The molecular formula is C14H12Cl2N2O3S. The lowest BCUT2D eigenvalue weighted by Gasteiger charge is -2.03. The van der Waals surface area contributed by atoms with Gasteiger partial charge in [-0.25, -0.2) is 4.98 Å². The molecule has 116 valence electrons. The first-order valence-corrected chi connectivity index (χ1v) is 7.99. The molecule has 22 heavy (non-hydrogen) atoms. The maximum Gasteiger partial charge on any atom is 0.306 e. The molecular weight excluding hydrogens is 347 g/mol. The van der Waals surface area contributed by atoms with E-state index < -0.39 is 11.9 Å². The number of benzene rings is 1. The van der Waals surface area contributed by atoms with E-state index in [0.29, 0.717) is 20.9 Å². The number of nitrogens with zero attached hydrogens (tertiary/aromatic N) is 1. The number of carbonyl (C=O) groups excluding carboxylic acids is 2. The average molecular weight is 359 g/mol. The van der Waals surface area contributed by atoms with Crippen molar-refractivity contribution in [3.63, 3.8) is 0 Å². The third-order valence-electron chi connectivity index (χ3n) is 2.62. The van der Waals surface area contributed by atoms with Crippen molar-refractivity contribution >= 4 is 51.5 Å². The van der Waals surface area contributed by atoms with Gasteiger partial charge in [0.1, 0.15) is 0 Å². The summed E-state index contributed by atoms with van der Waals surface area (Å²) in [5.41, 5.74) is 1.47. The number of rotatable bonds is 5. The third kappa shape index (κ3) is 4.43. The lowest BCUT2D eigenvalue weighted by Crippen LogP contribution is -2.20. The minimum atomic E-state index is -0.433. The first-order chi connectivity index (χ1) is 10.5. The van der Waals surface area contributed by atoms with Crippen LogP contribution < -0.4 is 5.32 Å². The van der Waals surface area contributed by atoms with Crippen LogP contribution in [0.2, 0.25) is 10.0 Å². The lowest BCUT2D eigenvalue weighted by atomic mass is 10.2. The minimum Gasteiger partial charge on any atom is -0.456 e. The molecule has 0 saturated heterocycles. The average Bonchev–Trinajstić information content (AvgIpc) is 2.96. The van der Waals surface area contributed by atoms with Crippen LogP contribution in [0.4, 0.5) is 5.13 Å². The summed E-state index contributed by atoms with van der Waals surface area (Å²) in [6.45, 7) is 1.33. The van der Waals surface area contributed by atoms with Gasteiger partial charge in [-0.05, 0) is 12.1 Å². The maximum atomic E-state index is 11.6.